The lowest BCUT2D eigenvalue weighted by molar-refractivity contribution is -0.157. The number of rotatable bonds is 3. The van der Waals surface area contributed by atoms with Gasteiger partial charge >= 0.3 is 0 Å². The van der Waals surface area contributed by atoms with Crippen LogP contribution in [0.25, 0.3) is 0 Å². The third-order valence-corrected chi connectivity index (χ3v) is 3.55. The Balaban J connectivity index is 2.58. The highest BCUT2D eigenvalue weighted by atomic mass is 16.7. The van der Waals surface area contributed by atoms with Crippen molar-refractivity contribution in [2.45, 2.75) is 59.0 Å². The first-order valence-corrected chi connectivity index (χ1v) is 6.48. The summed E-state index contributed by atoms with van der Waals surface area (Å²) in [5, 5.41) is 0. The van der Waals surface area contributed by atoms with E-state index in [0.29, 0.717) is 12.5 Å². The van der Waals surface area contributed by atoms with Crippen LogP contribution >= 0.6 is 0 Å². The van der Waals surface area contributed by atoms with E-state index in [4.69, 9.17) is 10.6 Å². The van der Waals surface area contributed by atoms with Crippen molar-refractivity contribution in [2.75, 3.05) is 6.54 Å². The zero-order valence-electron chi connectivity index (χ0n) is 11.5. The van der Waals surface area contributed by atoms with Crippen molar-refractivity contribution < 1.29 is 9.63 Å². The molecule has 1 aliphatic carbocycles. The molecule has 0 unspecified atom stereocenters. The predicted molar refractivity (Wildman–Crippen MR) is 68.1 cm³/mol. The smallest absolute Gasteiger partial charge is 0.251 e. The van der Waals surface area contributed by atoms with Crippen LogP contribution in [0.15, 0.2) is 0 Å². The molecule has 0 atom stereocenters. The van der Waals surface area contributed by atoms with E-state index < -0.39 is 5.41 Å². The van der Waals surface area contributed by atoms with Gasteiger partial charge in [-0.15, -0.1) is 0 Å². The van der Waals surface area contributed by atoms with Crippen molar-refractivity contribution in [2.24, 2.45) is 17.1 Å². The monoisotopic (exact) mass is 242 g/mol. The van der Waals surface area contributed by atoms with Crippen LogP contribution in [-0.2, 0) is 9.63 Å². The van der Waals surface area contributed by atoms with Crippen molar-refractivity contribution >= 4 is 5.91 Å². The molecule has 0 aromatic carbocycles. The Morgan fingerprint density at radius 1 is 1.41 bits per heavy atom. The number of carbonyl (C=O) groups excluding carboxylic acids is 1. The number of carbonyl (C=O) groups is 1. The molecule has 4 nitrogen and oxygen atoms in total. The highest BCUT2D eigenvalue weighted by molar-refractivity contribution is 5.82. The second kappa shape index (κ2) is 5.36. The molecule has 0 spiro atoms. The third-order valence-electron chi connectivity index (χ3n) is 3.55. The van der Waals surface area contributed by atoms with Crippen LogP contribution in [0.3, 0.4) is 0 Å². The molecule has 1 amide bonds. The van der Waals surface area contributed by atoms with E-state index in [2.05, 4.69) is 12.4 Å². The van der Waals surface area contributed by atoms with Crippen LogP contribution < -0.4 is 11.2 Å². The second-order valence-corrected chi connectivity index (χ2v) is 6.31. The fourth-order valence-corrected chi connectivity index (χ4v) is 2.15. The van der Waals surface area contributed by atoms with Gasteiger partial charge in [0.05, 0.1) is 11.0 Å². The van der Waals surface area contributed by atoms with Gasteiger partial charge in [-0.1, -0.05) is 6.92 Å². The molecule has 100 valence electrons. The summed E-state index contributed by atoms with van der Waals surface area (Å²) in [6.07, 6.45) is 3.87. The quantitative estimate of drug-likeness (QED) is 0.744. The second-order valence-electron chi connectivity index (χ2n) is 6.31. The molecule has 17 heavy (non-hydrogen) atoms. The Hall–Kier alpha value is -0.610. The Kier molecular flexibility index (Phi) is 4.55. The molecule has 0 bridgehead atoms. The van der Waals surface area contributed by atoms with Crippen molar-refractivity contribution in [3.05, 3.63) is 0 Å². The molecular formula is C13H26N2O2. The summed E-state index contributed by atoms with van der Waals surface area (Å²) in [6.45, 7) is 8.35. The lowest BCUT2D eigenvalue weighted by atomic mass is 9.70. The van der Waals surface area contributed by atoms with Gasteiger partial charge < -0.3 is 5.73 Å². The van der Waals surface area contributed by atoms with E-state index in [-0.39, 0.29) is 11.5 Å². The van der Waals surface area contributed by atoms with Gasteiger partial charge in [0, 0.05) is 6.54 Å². The first-order chi connectivity index (χ1) is 7.79. The number of nitrogens with two attached hydrogens (primary N) is 1. The van der Waals surface area contributed by atoms with Crippen LogP contribution in [0.2, 0.25) is 0 Å². The first-order valence-electron chi connectivity index (χ1n) is 6.48. The van der Waals surface area contributed by atoms with Crippen LogP contribution in [0.1, 0.15) is 53.4 Å². The number of hydrogen-bond donors (Lipinski definition) is 2. The number of amides is 1. The topological polar surface area (TPSA) is 64.4 Å². The first kappa shape index (κ1) is 14.5. The fourth-order valence-electron chi connectivity index (χ4n) is 2.15. The summed E-state index contributed by atoms with van der Waals surface area (Å²) < 4.78 is 0. The molecule has 3 N–H and O–H groups in total. The van der Waals surface area contributed by atoms with E-state index in [0.717, 1.165) is 25.7 Å². The lowest BCUT2D eigenvalue weighted by Crippen LogP contribution is -2.49. The standard InChI is InChI=1S/C13H26N2O2/c1-10-5-7-13(9-14,8-6-10)11(16)15-17-12(2,3)4/h10H,5-9,14H2,1-4H3,(H,15,16). The molecule has 1 aliphatic rings. The van der Waals surface area contributed by atoms with Crippen molar-refractivity contribution in [3.8, 4) is 0 Å². The zero-order valence-corrected chi connectivity index (χ0v) is 11.5. The molecule has 0 aromatic heterocycles. The Morgan fingerprint density at radius 2 is 1.94 bits per heavy atom. The molecule has 1 fully saturated rings. The Morgan fingerprint density at radius 3 is 2.35 bits per heavy atom. The third kappa shape index (κ3) is 3.96. The Labute approximate surface area is 104 Å². The summed E-state index contributed by atoms with van der Waals surface area (Å²) >= 11 is 0. The minimum absolute atomic E-state index is 0.0539. The van der Waals surface area contributed by atoms with Crippen LogP contribution in [0.5, 0.6) is 0 Å². The van der Waals surface area contributed by atoms with E-state index >= 15 is 0 Å². The van der Waals surface area contributed by atoms with E-state index in [1.54, 1.807) is 0 Å². The minimum atomic E-state index is -0.419. The summed E-state index contributed by atoms with van der Waals surface area (Å²) in [7, 11) is 0. The number of nitrogens with one attached hydrogen (secondary N) is 1. The summed E-state index contributed by atoms with van der Waals surface area (Å²) in [6, 6.07) is 0. The fraction of sp³-hybridized carbons (Fsp3) is 0.923. The van der Waals surface area contributed by atoms with Gasteiger partial charge in [-0.2, -0.15) is 0 Å². The van der Waals surface area contributed by atoms with Gasteiger partial charge in [-0.05, 0) is 52.4 Å². The highest BCUT2D eigenvalue weighted by Gasteiger charge is 2.40. The molecule has 0 aliphatic heterocycles. The summed E-state index contributed by atoms with van der Waals surface area (Å²) in [5.74, 6) is 0.646. The molecule has 0 aromatic rings. The van der Waals surface area contributed by atoms with Gasteiger partial charge in [-0.3, -0.25) is 9.63 Å². The van der Waals surface area contributed by atoms with Gasteiger partial charge in [0.15, 0.2) is 0 Å². The largest absolute Gasteiger partial charge is 0.329 e. The zero-order chi connectivity index (χ0) is 13.1. The predicted octanol–water partition coefficient (Wildman–Crippen LogP) is 1.99. The molecule has 1 rings (SSSR count). The van der Waals surface area contributed by atoms with E-state index in [9.17, 15) is 4.79 Å². The average Bonchev–Trinajstić information content (AvgIpc) is 2.26. The van der Waals surface area contributed by atoms with Crippen molar-refractivity contribution in [1.82, 2.24) is 5.48 Å². The van der Waals surface area contributed by atoms with Crippen LogP contribution in [0, 0.1) is 11.3 Å². The minimum Gasteiger partial charge on any atom is -0.329 e. The maximum absolute atomic E-state index is 12.2. The normalized spacial score (nSPS) is 30.1. The van der Waals surface area contributed by atoms with Gasteiger partial charge in [0.2, 0.25) is 0 Å². The van der Waals surface area contributed by atoms with Gasteiger partial charge in [0.25, 0.3) is 5.91 Å². The summed E-state index contributed by atoms with van der Waals surface area (Å²) in [4.78, 5) is 17.5. The molecule has 4 heteroatoms. The summed E-state index contributed by atoms with van der Waals surface area (Å²) in [5.41, 5.74) is 7.60. The highest BCUT2D eigenvalue weighted by Crippen LogP contribution is 2.38. The number of hydroxylamine groups is 1. The Bertz CT molecular complexity index is 263. The maximum atomic E-state index is 12.2. The van der Waals surface area contributed by atoms with E-state index in [1.807, 2.05) is 20.8 Å². The maximum Gasteiger partial charge on any atom is 0.251 e. The molecule has 1 saturated carbocycles. The van der Waals surface area contributed by atoms with E-state index in [1.165, 1.54) is 0 Å². The number of hydrogen-bond acceptors (Lipinski definition) is 3. The van der Waals surface area contributed by atoms with Gasteiger partial charge in [-0.25, -0.2) is 5.48 Å². The van der Waals surface area contributed by atoms with Crippen LogP contribution in [-0.4, -0.2) is 18.1 Å². The lowest BCUT2D eigenvalue weighted by Gasteiger charge is -2.37. The molecule has 0 radical (unpaired) electrons. The van der Waals surface area contributed by atoms with Crippen molar-refractivity contribution in [3.63, 3.8) is 0 Å². The molecule has 0 saturated heterocycles. The van der Waals surface area contributed by atoms with Crippen molar-refractivity contribution in [1.29, 1.82) is 0 Å². The SMILES string of the molecule is CC1CCC(CN)(C(=O)NOC(C)(C)C)CC1. The van der Waals surface area contributed by atoms with Crippen LogP contribution in [0.4, 0.5) is 0 Å². The molecule has 0 heterocycles. The average molecular weight is 242 g/mol. The van der Waals surface area contributed by atoms with Gasteiger partial charge in [0.1, 0.15) is 0 Å². The molecular weight excluding hydrogens is 216 g/mol.